The van der Waals surface area contributed by atoms with Gasteiger partial charge in [-0.25, -0.2) is 4.79 Å². The summed E-state index contributed by atoms with van der Waals surface area (Å²) in [4.78, 5) is 32.5. The molecule has 0 saturated heterocycles. The van der Waals surface area contributed by atoms with Crippen molar-refractivity contribution in [2.45, 2.75) is 36.7 Å². The molecule has 196 valence electrons. The van der Waals surface area contributed by atoms with Crippen LogP contribution in [0.2, 0.25) is 0 Å². The van der Waals surface area contributed by atoms with E-state index in [0.717, 1.165) is 33.9 Å². The van der Waals surface area contributed by atoms with Crippen molar-refractivity contribution in [3.63, 3.8) is 0 Å². The van der Waals surface area contributed by atoms with Crippen molar-refractivity contribution < 1.29 is 19.1 Å². The number of methoxy groups -OCH3 is 2. The molecule has 9 heteroatoms. The van der Waals surface area contributed by atoms with Crippen molar-refractivity contribution in [2.24, 2.45) is 0 Å². The third-order valence-electron chi connectivity index (χ3n) is 6.29. The Morgan fingerprint density at radius 3 is 2.43 bits per heavy atom. The maximum absolute atomic E-state index is 13.6. The highest BCUT2D eigenvalue weighted by Gasteiger charge is 2.35. The van der Waals surface area contributed by atoms with E-state index in [1.54, 1.807) is 42.2 Å². The Morgan fingerprint density at radius 1 is 1.05 bits per heavy atom. The van der Waals surface area contributed by atoms with Gasteiger partial charge in [0.2, 0.25) is 5.91 Å². The first kappa shape index (κ1) is 26.9. The van der Waals surface area contributed by atoms with Crippen LogP contribution in [0.1, 0.15) is 23.3 Å². The van der Waals surface area contributed by atoms with Crippen molar-refractivity contribution in [2.75, 3.05) is 38.9 Å². The van der Waals surface area contributed by atoms with Crippen molar-refractivity contribution in [3.05, 3.63) is 70.4 Å². The number of carbonyl (C=O) groups excluding carboxylic acids is 2. The number of hydrogen-bond acceptors (Lipinski definition) is 6. The van der Waals surface area contributed by atoms with E-state index in [9.17, 15) is 9.59 Å². The van der Waals surface area contributed by atoms with Crippen LogP contribution < -0.4 is 14.8 Å². The lowest BCUT2D eigenvalue weighted by Gasteiger charge is -2.28. The molecule has 1 aromatic heterocycles. The molecule has 3 aromatic rings. The van der Waals surface area contributed by atoms with E-state index >= 15 is 0 Å². The fourth-order valence-electron chi connectivity index (χ4n) is 4.05. The second kappa shape index (κ2) is 12.9. The highest BCUT2D eigenvalue weighted by molar-refractivity contribution is 7.98. The maximum atomic E-state index is 13.6. The highest BCUT2D eigenvalue weighted by atomic mass is 32.2. The molecule has 7 nitrogen and oxygen atoms in total. The predicted molar refractivity (Wildman–Crippen MR) is 150 cm³/mol. The highest BCUT2D eigenvalue weighted by Crippen LogP contribution is 2.29. The largest absolute Gasteiger partial charge is 0.493 e. The minimum atomic E-state index is -0.233. The summed E-state index contributed by atoms with van der Waals surface area (Å²) in [6.07, 6.45) is 4.52. The van der Waals surface area contributed by atoms with Gasteiger partial charge in [-0.3, -0.25) is 4.79 Å². The molecule has 1 aliphatic carbocycles. The Labute approximate surface area is 226 Å². The van der Waals surface area contributed by atoms with Gasteiger partial charge in [-0.15, -0.1) is 23.1 Å². The number of amides is 3. The lowest BCUT2D eigenvalue weighted by molar-refractivity contribution is -0.132. The summed E-state index contributed by atoms with van der Waals surface area (Å²) < 4.78 is 10.8. The third-order valence-corrected chi connectivity index (χ3v) is 7.90. The van der Waals surface area contributed by atoms with E-state index in [2.05, 4.69) is 5.32 Å². The lowest BCUT2D eigenvalue weighted by Crippen LogP contribution is -2.45. The van der Waals surface area contributed by atoms with Crippen LogP contribution in [0.5, 0.6) is 11.5 Å². The second-order valence-corrected chi connectivity index (χ2v) is 10.8. The van der Waals surface area contributed by atoms with Crippen molar-refractivity contribution >= 4 is 40.7 Å². The number of anilines is 1. The van der Waals surface area contributed by atoms with Crippen LogP contribution in [-0.4, -0.2) is 61.3 Å². The van der Waals surface area contributed by atoms with Gasteiger partial charge in [0.25, 0.3) is 0 Å². The summed E-state index contributed by atoms with van der Waals surface area (Å²) in [6, 6.07) is 17.4. The maximum Gasteiger partial charge on any atom is 0.322 e. The standard InChI is InChI=1S/C28H33N3O4S2/c1-34-25-13-6-20(17-26(25)35-2)14-15-30(18-24-5-4-16-37-24)27(32)19-31(22-9-10-22)28(33)29-21-7-11-23(36-3)12-8-21/h4-8,11-13,16-17,22H,9-10,14-15,18-19H2,1-3H3,(H,29,33). The minimum absolute atomic E-state index is 0.0523. The molecule has 1 fully saturated rings. The molecular weight excluding hydrogens is 506 g/mol. The van der Waals surface area contributed by atoms with Crippen LogP contribution in [0.25, 0.3) is 0 Å². The second-order valence-electron chi connectivity index (χ2n) is 8.85. The topological polar surface area (TPSA) is 71.1 Å². The molecule has 1 heterocycles. The summed E-state index contributed by atoms with van der Waals surface area (Å²) in [5.74, 6) is 1.28. The molecule has 0 atom stereocenters. The first-order valence-electron chi connectivity index (χ1n) is 12.2. The van der Waals surface area contributed by atoms with Crippen LogP contribution in [0, 0.1) is 0 Å². The molecule has 0 radical (unpaired) electrons. The Kier molecular flexibility index (Phi) is 9.35. The first-order valence-corrected chi connectivity index (χ1v) is 14.3. The third kappa shape index (κ3) is 7.42. The average Bonchev–Trinajstić information content (AvgIpc) is 3.64. The van der Waals surface area contributed by atoms with Gasteiger partial charge in [0.1, 0.15) is 6.54 Å². The summed E-state index contributed by atoms with van der Waals surface area (Å²) in [5.41, 5.74) is 1.77. The number of thiophene rings is 1. The molecule has 0 spiro atoms. The Balaban J connectivity index is 1.44. The molecule has 0 unspecified atom stereocenters. The number of urea groups is 1. The summed E-state index contributed by atoms with van der Waals surface area (Å²) in [7, 11) is 3.23. The van der Waals surface area contributed by atoms with Crippen molar-refractivity contribution in [1.82, 2.24) is 9.80 Å². The van der Waals surface area contributed by atoms with Crippen LogP contribution >= 0.6 is 23.1 Å². The minimum Gasteiger partial charge on any atom is -0.493 e. The molecular formula is C28H33N3O4S2. The zero-order valence-corrected chi connectivity index (χ0v) is 23.1. The Bertz CT molecular complexity index is 1180. The van der Waals surface area contributed by atoms with E-state index in [1.807, 2.05) is 71.1 Å². The lowest BCUT2D eigenvalue weighted by atomic mass is 10.1. The van der Waals surface area contributed by atoms with Gasteiger partial charge in [0.15, 0.2) is 11.5 Å². The SMILES string of the molecule is COc1ccc(CCN(Cc2cccs2)C(=O)CN(C(=O)Nc2ccc(SC)cc2)C2CC2)cc1OC. The zero-order chi connectivity index (χ0) is 26.2. The molecule has 1 aliphatic rings. The molecule has 3 amide bonds. The number of nitrogens with one attached hydrogen (secondary N) is 1. The molecule has 1 saturated carbocycles. The molecule has 0 bridgehead atoms. The number of nitrogens with zero attached hydrogens (tertiary/aromatic N) is 2. The number of ether oxygens (including phenoxy) is 2. The van der Waals surface area contributed by atoms with Gasteiger partial charge in [-0.1, -0.05) is 12.1 Å². The van der Waals surface area contributed by atoms with E-state index in [0.29, 0.717) is 31.0 Å². The van der Waals surface area contributed by atoms with E-state index in [1.165, 1.54) is 0 Å². The Morgan fingerprint density at radius 2 is 1.81 bits per heavy atom. The number of benzene rings is 2. The average molecular weight is 540 g/mol. The smallest absolute Gasteiger partial charge is 0.322 e. The van der Waals surface area contributed by atoms with Gasteiger partial charge in [0, 0.05) is 28.0 Å². The zero-order valence-electron chi connectivity index (χ0n) is 21.4. The molecule has 4 rings (SSSR count). The summed E-state index contributed by atoms with van der Waals surface area (Å²) in [6.45, 7) is 1.10. The molecule has 1 N–H and O–H groups in total. The fourth-order valence-corrected chi connectivity index (χ4v) is 5.18. The van der Waals surface area contributed by atoms with Gasteiger partial charge >= 0.3 is 6.03 Å². The quantitative estimate of drug-likeness (QED) is 0.297. The van der Waals surface area contributed by atoms with Crippen LogP contribution in [-0.2, 0) is 17.8 Å². The predicted octanol–water partition coefficient (Wildman–Crippen LogP) is 5.76. The summed E-state index contributed by atoms with van der Waals surface area (Å²) in [5, 5.41) is 4.98. The van der Waals surface area contributed by atoms with Gasteiger partial charge in [0.05, 0.1) is 20.8 Å². The monoisotopic (exact) mass is 539 g/mol. The summed E-state index contributed by atoms with van der Waals surface area (Å²) >= 11 is 3.28. The molecule has 37 heavy (non-hydrogen) atoms. The molecule has 0 aliphatic heterocycles. The first-order chi connectivity index (χ1) is 18.0. The fraction of sp³-hybridized carbons (Fsp3) is 0.357. The van der Waals surface area contributed by atoms with Gasteiger partial charge < -0.3 is 24.6 Å². The van der Waals surface area contributed by atoms with E-state index in [4.69, 9.17) is 9.47 Å². The van der Waals surface area contributed by atoms with Gasteiger partial charge in [-0.2, -0.15) is 0 Å². The van der Waals surface area contributed by atoms with Crippen LogP contribution in [0.3, 0.4) is 0 Å². The van der Waals surface area contributed by atoms with Crippen LogP contribution in [0.15, 0.2) is 64.9 Å². The molecule has 2 aromatic carbocycles. The van der Waals surface area contributed by atoms with Crippen molar-refractivity contribution in [1.29, 1.82) is 0 Å². The number of rotatable bonds is 12. The van der Waals surface area contributed by atoms with Crippen molar-refractivity contribution in [3.8, 4) is 11.5 Å². The Hall–Kier alpha value is -3.17. The van der Waals surface area contributed by atoms with Gasteiger partial charge in [-0.05, 0) is 78.9 Å². The van der Waals surface area contributed by atoms with E-state index in [-0.39, 0.29) is 24.5 Å². The normalized spacial score (nSPS) is 12.6. The number of thioether (sulfide) groups is 1. The number of hydrogen-bond donors (Lipinski definition) is 1. The van der Waals surface area contributed by atoms with Crippen LogP contribution in [0.4, 0.5) is 10.5 Å². The number of carbonyl (C=O) groups is 2. The van der Waals surface area contributed by atoms with E-state index < -0.39 is 0 Å².